The molecule has 2 fully saturated rings. The summed E-state index contributed by atoms with van der Waals surface area (Å²) in [4.78, 5) is 14.9. The van der Waals surface area contributed by atoms with E-state index < -0.39 is 5.54 Å². The molecule has 1 aliphatic heterocycles. The Labute approximate surface area is 146 Å². The summed E-state index contributed by atoms with van der Waals surface area (Å²) in [5.41, 5.74) is 6.61. The Morgan fingerprint density at radius 2 is 2.22 bits per heavy atom. The van der Waals surface area contributed by atoms with Gasteiger partial charge in [-0.25, -0.2) is 0 Å². The van der Waals surface area contributed by atoms with E-state index in [1.54, 1.807) is 4.90 Å². The number of carbonyl (C=O) groups is 1. The smallest absolute Gasteiger partial charge is 0.243 e. The van der Waals surface area contributed by atoms with Crippen LogP contribution in [0.25, 0.3) is 0 Å². The lowest BCUT2D eigenvalue weighted by atomic mass is 9.46. The highest BCUT2D eigenvalue weighted by molar-refractivity contribution is 9.10. The highest BCUT2D eigenvalue weighted by atomic mass is 79.9. The fourth-order valence-electron chi connectivity index (χ4n) is 4.31. The molecule has 23 heavy (non-hydrogen) atoms. The van der Waals surface area contributed by atoms with Crippen LogP contribution < -0.4 is 5.73 Å². The Morgan fingerprint density at radius 3 is 2.91 bits per heavy atom. The Bertz CT molecular complexity index is 619. The maximum absolute atomic E-state index is 13.1. The molecule has 126 valence electrons. The van der Waals surface area contributed by atoms with E-state index in [0.717, 1.165) is 29.5 Å². The van der Waals surface area contributed by atoms with Gasteiger partial charge in [0.2, 0.25) is 5.91 Å². The first-order valence-electron chi connectivity index (χ1n) is 8.19. The van der Waals surface area contributed by atoms with Gasteiger partial charge in [-0.05, 0) is 30.5 Å². The highest BCUT2D eigenvalue weighted by Gasteiger charge is 2.70. The summed E-state index contributed by atoms with van der Waals surface area (Å²) < 4.78 is 6.91. The van der Waals surface area contributed by atoms with Gasteiger partial charge in [0.15, 0.2) is 0 Å². The van der Waals surface area contributed by atoms with Crippen molar-refractivity contribution in [2.45, 2.75) is 44.9 Å². The van der Waals surface area contributed by atoms with Crippen molar-refractivity contribution in [2.75, 3.05) is 13.7 Å². The molecule has 1 saturated heterocycles. The van der Waals surface area contributed by atoms with Crippen LogP contribution in [0.15, 0.2) is 28.7 Å². The number of likely N-dealkylation sites (N-methyl/N-ethyl adjacent to an activating group) is 1. The number of amides is 1. The van der Waals surface area contributed by atoms with Crippen molar-refractivity contribution in [3.05, 3.63) is 34.3 Å². The number of nitrogens with zero attached hydrogens (tertiary/aromatic N) is 1. The molecule has 3 atom stereocenters. The van der Waals surface area contributed by atoms with Crippen molar-refractivity contribution in [1.82, 2.24) is 4.90 Å². The van der Waals surface area contributed by atoms with Crippen molar-refractivity contribution in [3.63, 3.8) is 0 Å². The van der Waals surface area contributed by atoms with Gasteiger partial charge in [-0.15, -0.1) is 0 Å². The molecular weight excluding hydrogens is 356 g/mol. The molecule has 1 heterocycles. The zero-order valence-corrected chi connectivity index (χ0v) is 15.6. The van der Waals surface area contributed by atoms with Crippen molar-refractivity contribution < 1.29 is 9.53 Å². The van der Waals surface area contributed by atoms with E-state index >= 15 is 0 Å². The third kappa shape index (κ3) is 2.53. The van der Waals surface area contributed by atoms with Gasteiger partial charge in [-0.1, -0.05) is 41.9 Å². The van der Waals surface area contributed by atoms with Gasteiger partial charge in [0.1, 0.15) is 5.54 Å². The number of hydrogen-bond donors (Lipinski definition) is 1. The molecule has 3 rings (SSSR count). The quantitative estimate of drug-likeness (QED) is 0.876. The zero-order chi connectivity index (χ0) is 16.8. The number of hydrogen-bond acceptors (Lipinski definition) is 3. The molecular formula is C18H25BrN2O2. The molecule has 0 radical (unpaired) electrons. The van der Waals surface area contributed by atoms with Gasteiger partial charge in [0.05, 0.1) is 6.10 Å². The normalized spacial score (nSPS) is 31.9. The van der Waals surface area contributed by atoms with Crippen LogP contribution in [0.3, 0.4) is 0 Å². The van der Waals surface area contributed by atoms with E-state index in [-0.39, 0.29) is 23.3 Å². The summed E-state index contributed by atoms with van der Waals surface area (Å²) in [6.07, 6.45) is 2.06. The summed E-state index contributed by atoms with van der Waals surface area (Å²) in [6.45, 7) is 5.46. The first kappa shape index (κ1) is 16.9. The van der Waals surface area contributed by atoms with Crippen molar-refractivity contribution >= 4 is 21.8 Å². The van der Waals surface area contributed by atoms with Crippen LogP contribution in [-0.4, -0.2) is 36.1 Å². The van der Waals surface area contributed by atoms with Crippen LogP contribution in [0.4, 0.5) is 0 Å². The molecule has 0 bridgehead atoms. The average Bonchev–Trinajstić information content (AvgIpc) is 2.53. The number of nitrogens with two attached hydrogens (primary N) is 1. The second kappa shape index (κ2) is 5.87. The zero-order valence-electron chi connectivity index (χ0n) is 14.0. The minimum atomic E-state index is -0.834. The summed E-state index contributed by atoms with van der Waals surface area (Å²) in [6, 6.07) is 8.02. The van der Waals surface area contributed by atoms with Crippen LogP contribution in [0.1, 0.15) is 32.3 Å². The van der Waals surface area contributed by atoms with Gasteiger partial charge in [0, 0.05) is 36.0 Å². The Balaban J connectivity index is 1.78. The maximum Gasteiger partial charge on any atom is 0.243 e. The third-order valence-electron chi connectivity index (χ3n) is 5.69. The van der Waals surface area contributed by atoms with Crippen LogP contribution in [0.5, 0.6) is 0 Å². The Kier molecular flexibility index (Phi) is 4.32. The van der Waals surface area contributed by atoms with Crippen molar-refractivity contribution in [2.24, 2.45) is 17.1 Å². The lowest BCUT2D eigenvalue weighted by molar-refractivity contribution is -0.229. The average molecular weight is 381 g/mol. The largest absolute Gasteiger partial charge is 0.377 e. The van der Waals surface area contributed by atoms with E-state index in [2.05, 4.69) is 29.8 Å². The first-order chi connectivity index (χ1) is 10.8. The lowest BCUT2D eigenvalue weighted by Gasteiger charge is -2.65. The van der Waals surface area contributed by atoms with Crippen LogP contribution in [0, 0.1) is 11.3 Å². The van der Waals surface area contributed by atoms with Gasteiger partial charge in [-0.3, -0.25) is 4.79 Å². The van der Waals surface area contributed by atoms with Crippen LogP contribution >= 0.6 is 15.9 Å². The minimum Gasteiger partial charge on any atom is -0.377 e. The number of halogens is 1. The Morgan fingerprint density at radius 1 is 1.48 bits per heavy atom. The lowest BCUT2D eigenvalue weighted by Crippen LogP contribution is -2.82. The molecule has 1 amide bonds. The van der Waals surface area contributed by atoms with E-state index in [4.69, 9.17) is 10.5 Å². The van der Waals surface area contributed by atoms with E-state index in [0.29, 0.717) is 6.54 Å². The monoisotopic (exact) mass is 380 g/mol. The van der Waals surface area contributed by atoms with Gasteiger partial charge in [-0.2, -0.15) is 0 Å². The van der Waals surface area contributed by atoms with Gasteiger partial charge < -0.3 is 15.4 Å². The molecule has 1 aliphatic carbocycles. The molecule has 1 aromatic rings. The Hall–Kier alpha value is -0.910. The van der Waals surface area contributed by atoms with Crippen LogP contribution in [-0.2, 0) is 16.1 Å². The summed E-state index contributed by atoms with van der Waals surface area (Å²) in [7, 11) is 1.84. The highest BCUT2D eigenvalue weighted by Crippen LogP contribution is 2.57. The molecule has 4 nitrogen and oxygen atoms in total. The molecule has 0 aromatic heterocycles. The predicted molar refractivity (Wildman–Crippen MR) is 93.8 cm³/mol. The molecule has 0 spiro atoms. The number of benzene rings is 1. The second-order valence-electron chi connectivity index (χ2n) is 7.42. The maximum atomic E-state index is 13.1. The first-order valence-corrected chi connectivity index (χ1v) is 8.98. The molecule has 2 aliphatic rings. The van der Waals surface area contributed by atoms with Gasteiger partial charge >= 0.3 is 0 Å². The molecule has 3 unspecified atom stereocenters. The molecule has 5 heteroatoms. The fourth-order valence-corrected chi connectivity index (χ4v) is 4.75. The van der Waals surface area contributed by atoms with Crippen LogP contribution in [0.2, 0.25) is 0 Å². The summed E-state index contributed by atoms with van der Waals surface area (Å²) in [5, 5.41) is 0. The van der Waals surface area contributed by atoms with E-state index in [9.17, 15) is 4.79 Å². The third-order valence-corrected chi connectivity index (χ3v) is 6.19. The van der Waals surface area contributed by atoms with E-state index in [1.165, 1.54) is 0 Å². The summed E-state index contributed by atoms with van der Waals surface area (Å²) >= 11 is 3.47. The number of ether oxygens (including phenoxy) is 1. The van der Waals surface area contributed by atoms with Crippen molar-refractivity contribution in [3.8, 4) is 0 Å². The standard InChI is InChI=1S/C18H25BrN2O2/c1-17(2)15-14(8-5-9-23-15)18(17,20)16(22)21(3)11-12-6-4-7-13(19)10-12/h4,6-7,10,14-15H,5,8-9,11,20H2,1-3H3. The second-order valence-corrected chi connectivity index (χ2v) is 8.34. The molecule has 1 aromatic carbocycles. The van der Waals surface area contributed by atoms with Crippen molar-refractivity contribution in [1.29, 1.82) is 0 Å². The molecule has 2 N–H and O–H groups in total. The topological polar surface area (TPSA) is 55.6 Å². The SMILES string of the molecule is CN(Cc1cccc(Br)c1)C(=O)C1(N)C2CCCOC2C1(C)C. The van der Waals surface area contributed by atoms with Gasteiger partial charge in [0.25, 0.3) is 0 Å². The number of fused-ring (bicyclic) bond motifs is 1. The number of carbonyl (C=O) groups excluding carboxylic acids is 1. The predicted octanol–water partition coefficient (Wildman–Crippen LogP) is 2.94. The van der Waals surface area contributed by atoms with E-state index in [1.807, 2.05) is 31.3 Å². The minimum absolute atomic E-state index is 0.0224. The molecule has 1 saturated carbocycles. The fraction of sp³-hybridized carbons (Fsp3) is 0.611. The summed E-state index contributed by atoms with van der Waals surface area (Å²) in [5.74, 6) is 0.151. The number of rotatable bonds is 3.